The first-order valence-corrected chi connectivity index (χ1v) is 7.54. The van der Waals surface area contributed by atoms with Crippen LogP contribution in [0.2, 0.25) is 0 Å². The number of hydrogen-bond donors (Lipinski definition) is 3. The molecule has 0 bridgehead atoms. The van der Waals surface area contributed by atoms with Crippen LogP contribution < -0.4 is 15.4 Å². The van der Waals surface area contributed by atoms with Crippen LogP contribution >= 0.6 is 0 Å². The number of alkyl halides is 2. The van der Waals surface area contributed by atoms with E-state index in [-0.39, 0.29) is 18.4 Å². The molecule has 0 aromatic heterocycles. The summed E-state index contributed by atoms with van der Waals surface area (Å²) in [5.74, 6) is 0.0659. The molecule has 1 aromatic carbocycles. The number of urea groups is 1. The van der Waals surface area contributed by atoms with Crippen LogP contribution in [0.4, 0.5) is 13.6 Å². The van der Waals surface area contributed by atoms with Crippen LogP contribution in [0.5, 0.6) is 5.75 Å². The van der Waals surface area contributed by atoms with Crippen LogP contribution in [-0.2, 0) is 0 Å². The lowest BCUT2D eigenvalue weighted by molar-refractivity contribution is -0.0498. The van der Waals surface area contributed by atoms with Gasteiger partial charge in [-0.2, -0.15) is 8.78 Å². The van der Waals surface area contributed by atoms with E-state index in [1.54, 1.807) is 26.0 Å². The molecule has 0 heterocycles. The molecule has 0 aliphatic carbocycles. The number of ether oxygens (including phenoxy) is 1. The number of aliphatic hydroxyl groups is 1. The van der Waals surface area contributed by atoms with E-state index in [9.17, 15) is 18.7 Å². The van der Waals surface area contributed by atoms with Crippen molar-refractivity contribution in [3.8, 4) is 5.75 Å². The molecule has 7 heteroatoms. The maximum Gasteiger partial charge on any atom is 0.387 e. The Morgan fingerprint density at radius 2 is 1.96 bits per heavy atom. The van der Waals surface area contributed by atoms with Crippen molar-refractivity contribution in [1.29, 1.82) is 0 Å². The zero-order valence-corrected chi connectivity index (χ0v) is 13.6. The highest BCUT2D eigenvalue weighted by atomic mass is 19.3. The monoisotopic (exact) mass is 330 g/mol. The molecule has 0 aliphatic rings. The number of rotatable bonds is 8. The molecule has 3 N–H and O–H groups in total. The van der Waals surface area contributed by atoms with E-state index >= 15 is 0 Å². The molecule has 5 nitrogen and oxygen atoms in total. The van der Waals surface area contributed by atoms with E-state index in [4.69, 9.17) is 0 Å². The molecule has 23 heavy (non-hydrogen) atoms. The minimum Gasteiger partial charge on any atom is -0.435 e. The van der Waals surface area contributed by atoms with Gasteiger partial charge in [0.1, 0.15) is 5.75 Å². The van der Waals surface area contributed by atoms with E-state index in [0.717, 1.165) is 12.0 Å². The largest absolute Gasteiger partial charge is 0.435 e. The molecule has 0 fully saturated rings. The number of halogens is 2. The van der Waals surface area contributed by atoms with Crippen molar-refractivity contribution in [2.45, 2.75) is 51.8 Å². The summed E-state index contributed by atoms with van der Waals surface area (Å²) < 4.78 is 28.5. The Bertz CT molecular complexity index is 497. The lowest BCUT2D eigenvalue weighted by Crippen LogP contribution is -2.52. The molecule has 0 saturated carbocycles. The van der Waals surface area contributed by atoms with Gasteiger partial charge in [-0.15, -0.1) is 0 Å². The molecule has 1 rings (SSSR count). The maximum absolute atomic E-state index is 12.1. The summed E-state index contributed by atoms with van der Waals surface area (Å²) in [6.45, 7) is 2.51. The summed E-state index contributed by atoms with van der Waals surface area (Å²) in [4.78, 5) is 12.0. The standard InChI is InChI=1S/C16H24F2N2O3/c1-4-9-16(3,10-21)20-15(22)19-11(2)12-5-7-13(8-6-12)23-14(17)18/h5-8,11,14,21H,4,9-10H2,1-3H3,(H2,19,20,22). The quantitative estimate of drug-likeness (QED) is 0.685. The molecule has 1 aromatic rings. The van der Waals surface area contributed by atoms with Crippen molar-refractivity contribution in [1.82, 2.24) is 10.6 Å². The van der Waals surface area contributed by atoms with E-state index in [1.807, 2.05) is 6.92 Å². The first kappa shape index (κ1) is 19.2. The number of aliphatic hydroxyl groups excluding tert-OH is 1. The van der Waals surface area contributed by atoms with Gasteiger partial charge >= 0.3 is 12.6 Å². The van der Waals surface area contributed by atoms with Crippen LogP contribution in [0.15, 0.2) is 24.3 Å². The van der Waals surface area contributed by atoms with Crippen molar-refractivity contribution in [2.75, 3.05) is 6.61 Å². The predicted octanol–water partition coefficient (Wildman–Crippen LogP) is 3.20. The zero-order chi connectivity index (χ0) is 17.5. The van der Waals surface area contributed by atoms with Gasteiger partial charge in [0.15, 0.2) is 0 Å². The van der Waals surface area contributed by atoms with Gasteiger partial charge in [0.25, 0.3) is 0 Å². The van der Waals surface area contributed by atoms with Crippen LogP contribution in [0, 0.1) is 0 Å². The Balaban J connectivity index is 2.61. The van der Waals surface area contributed by atoms with Crippen molar-refractivity contribution in [2.24, 2.45) is 0 Å². The molecule has 2 atom stereocenters. The fraction of sp³-hybridized carbons (Fsp3) is 0.562. The molecule has 0 spiro atoms. The minimum absolute atomic E-state index is 0.0659. The second-order valence-electron chi connectivity index (χ2n) is 5.74. The number of carbonyl (C=O) groups is 1. The highest BCUT2D eigenvalue weighted by molar-refractivity contribution is 5.75. The van der Waals surface area contributed by atoms with Gasteiger partial charge in [-0.1, -0.05) is 25.5 Å². The molecule has 130 valence electrons. The second kappa shape index (κ2) is 8.67. The van der Waals surface area contributed by atoms with Gasteiger partial charge in [0, 0.05) is 0 Å². The number of amides is 2. The number of carbonyl (C=O) groups excluding carboxylic acids is 1. The summed E-state index contributed by atoms with van der Waals surface area (Å²) in [7, 11) is 0. The third kappa shape index (κ3) is 6.40. The summed E-state index contributed by atoms with van der Waals surface area (Å²) in [5.41, 5.74) is 0.0796. The molecule has 2 unspecified atom stereocenters. The molecule has 2 amide bonds. The Labute approximate surface area is 135 Å². The van der Waals surface area contributed by atoms with E-state index in [2.05, 4.69) is 15.4 Å². The van der Waals surface area contributed by atoms with Crippen LogP contribution in [0.1, 0.15) is 45.2 Å². The Morgan fingerprint density at radius 1 is 1.35 bits per heavy atom. The minimum atomic E-state index is -2.86. The number of nitrogens with one attached hydrogen (secondary N) is 2. The van der Waals surface area contributed by atoms with Crippen LogP contribution in [-0.4, -0.2) is 29.9 Å². The van der Waals surface area contributed by atoms with Crippen molar-refractivity contribution in [3.63, 3.8) is 0 Å². The normalized spacial score (nSPS) is 14.9. The van der Waals surface area contributed by atoms with Gasteiger partial charge in [0.05, 0.1) is 18.2 Å². The summed E-state index contributed by atoms with van der Waals surface area (Å²) >= 11 is 0. The highest BCUT2D eigenvalue weighted by Gasteiger charge is 2.25. The third-order valence-electron chi connectivity index (χ3n) is 3.52. The fourth-order valence-corrected chi connectivity index (χ4v) is 2.26. The predicted molar refractivity (Wildman–Crippen MR) is 83.6 cm³/mol. The highest BCUT2D eigenvalue weighted by Crippen LogP contribution is 2.19. The van der Waals surface area contributed by atoms with Gasteiger partial charge in [-0.05, 0) is 38.0 Å². The van der Waals surface area contributed by atoms with Gasteiger partial charge in [-0.3, -0.25) is 0 Å². The first-order valence-electron chi connectivity index (χ1n) is 7.54. The van der Waals surface area contributed by atoms with Gasteiger partial charge < -0.3 is 20.5 Å². The van der Waals surface area contributed by atoms with E-state index in [1.165, 1.54) is 12.1 Å². The number of hydrogen-bond acceptors (Lipinski definition) is 3. The maximum atomic E-state index is 12.1. The Morgan fingerprint density at radius 3 is 2.43 bits per heavy atom. The molecule has 0 aliphatic heterocycles. The van der Waals surface area contributed by atoms with Gasteiger partial charge in [0.2, 0.25) is 0 Å². The fourth-order valence-electron chi connectivity index (χ4n) is 2.26. The SMILES string of the molecule is CCCC(C)(CO)NC(=O)NC(C)c1ccc(OC(F)F)cc1. The lowest BCUT2D eigenvalue weighted by atomic mass is 9.97. The van der Waals surface area contributed by atoms with Gasteiger partial charge in [-0.25, -0.2) is 4.79 Å². The van der Waals surface area contributed by atoms with Crippen molar-refractivity contribution in [3.05, 3.63) is 29.8 Å². The average molecular weight is 330 g/mol. The molecule has 0 saturated heterocycles. The van der Waals surface area contributed by atoms with E-state index in [0.29, 0.717) is 6.42 Å². The number of benzene rings is 1. The summed E-state index contributed by atoms with van der Waals surface area (Å²) in [6, 6.07) is 5.36. The van der Waals surface area contributed by atoms with E-state index < -0.39 is 18.2 Å². The lowest BCUT2D eigenvalue weighted by Gasteiger charge is -2.29. The zero-order valence-electron chi connectivity index (χ0n) is 13.6. The smallest absolute Gasteiger partial charge is 0.387 e. The molecular formula is C16H24F2N2O3. The second-order valence-corrected chi connectivity index (χ2v) is 5.74. The Kier molecular flexibility index (Phi) is 7.22. The average Bonchev–Trinajstić information content (AvgIpc) is 2.47. The third-order valence-corrected chi connectivity index (χ3v) is 3.52. The first-order chi connectivity index (χ1) is 10.8. The van der Waals surface area contributed by atoms with Crippen molar-refractivity contribution >= 4 is 6.03 Å². The van der Waals surface area contributed by atoms with Crippen LogP contribution in [0.25, 0.3) is 0 Å². The van der Waals surface area contributed by atoms with Crippen LogP contribution in [0.3, 0.4) is 0 Å². The summed E-state index contributed by atoms with van der Waals surface area (Å²) in [6.07, 6.45) is 1.49. The Hall–Kier alpha value is -1.89. The topological polar surface area (TPSA) is 70.6 Å². The molecular weight excluding hydrogens is 306 g/mol. The summed E-state index contributed by atoms with van der Waals surface area (Å²) in [5, 5.41) is 14.9. The molecule has 0 radical (unpaired) electrons. The van der Waals surface area contributed by atoms with Crippen molar-refractivity contribution < 1.29 is 23.4 Å².